The first-order valence-electron chi connectivity index (χ1n) is 9.84. The van der Waals surface area contributed by atoms with Crippen LogP contribution >= 0.6 is 11.3 Å². The van der Waals surface area contributed by atoms with Crippen molar-refractivity contribution in [1.29, 1.82) is 0 Å². The number of aromatic nitrogens is 1. The molecule has 2 aliphatic rings. The molecule has 2 aliphatic heterocycles. The molecule has 0 bridgehead atoms. The van der Waals surface area contributed by atoms with Gasteiger partial charge < -0.3 is 14.8 Å². The first-order valence-corrected chi connectivity index (χ1v) is 10.7. The Hall–Kier alpha value is -1.80. The highest BCUT2D eigenvalue weighted by atomic mass is 32.1. The largest absolute Gasteiger partial charge is 0.377 e. The second kappa shape index (κ2) is 8.69. The molecule has 0 unspecified atom stereocenters. The number of carbonyl (C=O) groups is 1. The van der Waals surface area contributed by atoms with E-state index in [1.54, 1.807) is 18.3 Å². The minimum Gasteiger partial charge on any atom is -0.377 e. The number of amides is 1. The van der Waals surface area contributed by atoms with E-state index in [9.17, 15) is 4.79 Å². The van der Waals surface area contributed by atoms with Crippen molar-refractivity contribution in [2.75, 3.05) is 32.8 Å². The third-order valence-electron chi connectivity index (χ3n) is 5.31. The van der Waals surface area contributed by atoms with Gasteiger partial charge in [-0.2, -0.15) is 0 Å². The van der Waals surface area contributed by atoms with Gasteiger partial charge in [0, 0.05) is 33.1 Å². The van der Waals surface area contributed by atoms with Gasteiger partial charge in [-0.1, -0.05) is 12.1 Å². The molecule has 2 atom stereocenters. The summed E-state index contributed by atoms with van der Waals surface area (Å²) in [5, 5.41) is 4.95. The Kier molecular flexibility index (Phi) is 6.06. The van der Waals surface area contributed by atoms with Gasteiger partial charge in [-0.3, -0.25) is 14.7 Å². The van der Waals surface area contributed by atoms with Crippen molar-refractivity contribution in [2.45, 2.75) is 38.0 Å². The van der Waals surface area contributed by atoms with E-state index >= 15 is 0 Å². The van der Waals surface area contributed by atoms with Gasteiger partial charge in [-0.25, -0.2) is 0 Å². The molecule has 2 fully saturated rings. The van der Waals surface area contributed by atoms with Crippen molar-refractivity contribution in [3.05, 3.63) is 41.4 Å². The van der Waals surface area contributed by atoms with Crippen LogP contribution in [0.5, 0.6) is 0 Å². The normalized spacial score (nSPS) is 25.7. The van der Waals surface area contributed by atoms with Crippen molar-refractivity contribution in [3.8, 4) is 10.6 Å². The SMILES string of the molecule is CC(=O)NC[C@@H]1CC[C@]2(COCCN(Cc3cccc(-c4cccs4)n3)C2)O1. The highest BCUT2D eigenvalue weighted by Crippen LogP contribution is 2.33. The number of nitrogens with one attached hydrogen (secondary N) is 1. The molecule has 1 N–H and O–H groups in total. The number of thiophene rings is 1. The van der Waals surface area contributed by atoms with Crippen LogP contribution in [-0.2, 0) is 20.8 Å². The number of rotatable bonds is 5. The summed E-state index contributed by atoms with van der Waals surface area (Å²) in [4.78, 5) is 19.6. The Morgan fingerprint density at radius 2 is 2.32 bits per heavy atom. The average molecular weight is 402 g/mol. The van der Waals surface area contributed by atoms with Gasteiger partial charge in [0.25, 0.3) is 0 Å². The number of hydrogen-bond acceptors (Lipinski definition) is 6. The van der Waals surface area contributed by atoms with Crippen LogP contribution in [0.3, 0.4) is 0 Å². The first-order chi connectivity index (χ1) is 13.6. The van der Waals surface area contributed by atoms with Crippen LogP contribution in [0.1, 0.15) is 25.5 Å². The maximum absolute atomic E-state index is 11.2. The van der Waals surface area contributed by atoms with Crippen molar-refractivity contribution in [3.63, 3.8) is 0 Å². The maximum Gasteiger partial charge on any atom is 0.216 e. The minimum absolute atomic E-state index is 0.0139. The standard InChI is InChI=1S/C21H27N3O3S/c1-16(25)22-12-18-7-8-21(27-18)14-24(9-10-26-15-21)13-17-4-2-5-19(23-17)20-6-3-11-28-20/h2-6,11,18H,7-10,12-15H2,1H3,(H,22,25)/t18-,21-/m0/s1. The van der Waals surface area contributed by atoms with Gasteiger partial charge >= 0.3 is 0 Å². The van der Waals surface area contributed by atoms with Crippen molar-refractivity contribution in [2.24, 2.45) is 0 Å². The van der Waals surface area contributed by atoms with Crippen LogP contribution in [0.4, 0.5) is 0 Å². The second-order valence-corrected chi connectivity index (χ2v) is 8.60. The summed E-state index contributed by atoms with van der Waals surface area (Å²) < 4.78 is 12.3. The van der Waals surface area contributed by atoms with Crippen LogP contribution in [0, 0.1) is 0 Å². The Morgan fingerprint density at radius 3 is 3.14 bits per heavy atom. The molecular weight excluding hydrogens is 374 g/mol. The molecule has 7 heteroatoms. The summed E-state index contributed by atoms with van der Waals surface area (Å²) in [6.07, 6.45) is 1.97. The number of pyridine rings is 1. The molecule has 28 heavy (non-hydrogen) atoms. The van der Waals surface area contributed by atoms with Gasteiger partial charge in [0.1, 0.15) is 5.60 Å². The Labute approximate surface area is 169 Å². The Balaban J connectivity index is 1.41. The zero-order valence-electron chi connectivity index (χ0n) is 16.2. The number of nitrogens with zero attached hydrogens (tertiary/aromatic N) is 2. The van der Waals surface area contributed by atoms with E-state index in [-0.39, 0.29) is 17.6 Å². The lowest BCUT2D eigenvalue weighted by Gasteiger charge is -2.32. The molecule has 1 spiro atoms. The lowest BCUT2D eigenvalue weighted by atomic mass is 10.00. The topological polar surface area (TPSA) is 63.7 Å². The lowest BCUT2D eigenvalue weighted by molar-refractivity contribution is -0.121. The van der Waals surface area contributed by atoms with Crippen molar-refractivity contribution >= 4 is 17.2 Å². The Morgan fingerprint density at radius 1 is 1.39 bits per heavy atom. The molecule has 0 saturated carbocycles. The molecular formula is C21H27N3O3S. The van der Waals surface area contributed by atoms with E-state index in [1.807, 2.05) is 0 Å². The second-order valence-electron chi connectivity index (χ2n) is 7.65. The van der Waals surface area contributed by atoms with Gasteiger partial charge in [0.15, 0.2) is 0 Å². The smallest absolute Gasteiger partial charge is 0.216 e. The van der Waals surface area contributed by atoms with Crippen molar-refractivity contribution < 1.29 is 14.3 Å². The van der Waals surface area contributed by atoms with E-state index in [4.69, 9.17) is 14.5 Å². The van der Waals surface area contributed by atoms with Crippen LogP contribution in [0.15, 0.2) is 35.7 Å². The highest BCUT2D eigenvalue weighted by Gasteiger charge is 2.43. The zero-order valence-corrected chi connectivity index (χ0v) is 17.0. The molecule has 4 heterocycles. The summed E-state index contributed by atoms with van der Waals surface area (Å²) >= 11 is 1.71. The van der Waals surface area contributed by atoms with Crippen molar-refractivity contribution in [1.82, 2.24) is 15.2 Å². The molecule has 6 nitrogen and oxygen atoms in total. The number of ether oxygens (including phenoxy) is 2. The minimum atomic E-state index is -0.287. The van der Waals surface area contributed by atoms with E-state index in [2.05, 4.69) is 45.9 Å². The zero-order chi connectivity index (χ0) is 19.4. The molecule has 2 aromatic heterocycles. The molecule has 0 aromatic carbocycles. The molecule has 2 aromatic rings. The number of carbonyl (C=O) groups excluding carboxylic acids is 1. The van der Waals surface area contributed by atoms with Crippen LogP contribution in [-0.4, -0.2) is 60.3 Å². The monoisotopic (exact) mass is 401 g/mol. The predicted molar refractivity (Wildman–Crippen MR) is 109 cm³/mol. The first kappa shape index (κ1) is 19.5. The van der Waals surface area contributed by atoms with Crippen LogP contribution < -0.4 is 5.32 Å². The van der Waals surface area contributed by atoms with E-state index in [0.29, 0.717) is 19.8 Å². The summed E-state index contributed by atoms with van der Waals surface area (Å²) in [5.41, 5.74) is 1.81. The lowest BCUT2D eigenvalue weighted by Crippen LogP contribution is -2.45. The van der Waals surface area contributed by atoms with E-state index < -0.39 is 0 Å². The van der Waals surface area contributed by atoms with Gasteiger partial charge in [0.05, 0.1) is 35.6 Å². The number of hydrogen-bond donors (Lipinski definition) is 1. The van der Waals surface area contributed by atoms with Gasteiger partial charge in [-0.15, -0.1) is 11.3 Å². The molecule has 2 saturated heterocycles. The van der Waals surface area contributed by atoms with E-state index in [1.165, 1.54) is 4.88 Å². The summed E-state index contributed by atoms with van der Waals surface area (Å²) in [7, 11) is 0. The molecule has 4 rings (SSSR count). The van der Waals surface area contributed by atoms with Crippen LogP contribution in [0.2, 0.25) is 0 Å². The third kappa shape index (κ3) is 4.78. The summed E-state index contributed by atoms with van der Waals surface area (Å²) in [6, 6.07) is 10.4. The average Bonchev–Trinajstić information content (AvgIpc) is 3.30. The molecule has 0 radical (unpaired) electrons. The molecule has 0 aliphatic carbocycles. The van der Waals surface area contributed by atoms with E-state index in [0.717, 1.165) is 43.9 Å². The molecule has 150 valence electrons. The van der Waals surface area contributed by atoms with Gasteiger partial charge in [-0.05, 0) is 36.4 Å². The Bertz CT molecular complexity index is 798. The molecule has 1 amide bonds. The maximum atomic E-state index is 11.2. The fraction of sp³-hybridized carbons (Fsp3) is 0.524. The fourth-order valence-electron chi connectivity index (χ4n) is 4.00. The predicted octanol–water partition coefficient (Wildman–Crippen LogP) is 2.70. The summed E-state index contributed by atoms with van der Waals surface area (Å²) in [5.74, 6) is -0.0139. The third-order valence-corrected chi connectivity index (χ3v) is 6.20. The highest BCUT2D eigenvalue weighted by molar-refractivity contribution is 7.13. The van der Waals surface area contributed by atoms with Crippen LogP contribution in [0.25, 0.3) is 10.6 Å². The quantitative estimate of drug-likeness (QED) is 0.835. The van der Waals surface area contributed by atoms with Gasteiger partial charge in [0.2, 0.25) is 5.91 Å². The fourth-order valence-corrected chi connectivity index (χ4v) is 4.69. The summed E-state index contributed by atoms with van der Waals surface area (Å²) in [6.45, 7) is 5.90.